The Balaban J connectivity index is 1.62. The van der Waals surface area contributed by atoms with Crippen molar-refractivity contribution in [2.45, 2.75) is 104 Å². The molecule has 0 fully saturated rings. The molecule has 0 heterocycles. The van der Waals surface area contributed by atoms with E-state index in [-0.39, 0.29) is 12.1 Å². The summed E-state index contributed by atoms with van der Waals surface area (Å²) in [5.74, 6) is 0.692. The SMILES string of the molecule is CCCCCCCCCCCc1ccc(OC(CC)COC(=O)CC[N+](C)(C)Cc2ccccc2)cc1. The van der Waals surface area contributed by atoms with Crippen molar-refractivity contribution in [2.75, 3.05) is 27.2 Å². The minimum Gasteiger partial charge on any atom is -0.487 e. The second-order valence-corrected chi connectivity index (χ2v) is 11.1. The fourth-order valence-corrected chi connectivity index (χ4v) is 4.61. The quantitative estimate of drug-likeness (QED) is 0.102. The molecule has 0 amide bonds. The van der Waals surface area contributed by atoms with Crippen LogP contribution in [0.1, 0.15) is 95.6 Å². The van der Waals surface area contributed by atoms with Gasteiger partial charge in [0.05, 0.1) is 27.1 Å². The first-order valence-electron chi connectivity index (χ1n) is 14.7. The van der Waals surface area contributed by atoms with Crippen LogP contribution >= 0.6 is 0 Å². The minimum absolute atomic E-state index is 0.126. The lowest BCUT2D eigenvalue weighted by Crippen LogP contribution is -2.40. The lowest BCUT2D eigenvalue weighted by atomic mass is 10.0. The average Bonchev–Trinajstić information content (AvgIpc) is 2.90. The van der Waals surface area contributed by atoms with Gasteiger partial charge in [0.15, 0.2) is 0 Å². The topological polar surface area (TPSA) is 35.5 Å². The van der Waals surface area contributed by atoms with Gasteiger partial charge in [0.25, 0.3) is 0 Å². The van der Waals surface area contributed by atoms with Crippen LogP contribution in [0.25, 0.3) is 0 Å². The molecule has 0 bridgehead atoms. The van der Waals surface area contributed by atoms with Gasteiger partial charge in [0.2, 0.25) is 0 Å². The normalized spacial score (nSPS) is 12.3. The van der Waals surface area contributed by atoms with Crippen LogP contribution in [0.5, 0.6) is 5.75 Å². The number of hydrogen-bond acceptors (Lipinski definition) is 3. The Labute approximate surface area is 227 Å². The molecule has 0 saturated carbocycles. The Kier molecular flexibility index (Phi) is 15.0. The first kappa shape index (κ1) is 30.9. The number of ether oxygens (including phenoxy) is 2. The Hall–Kier alpha value is -2.33. The van der Waals surface area contributed by atoms with Crippen molar-refractivity contribution in [2.24, 2.45) is 0 Å². The molecule has 4 heteroatoms. The molecule has 0 spiro atoms. The molecule has 0 radical (unpaired) electrons. The van der Waals surface area contributed by atoms with E-state index in [1.165, 1.54) is 68.9 Å². The van der Waals surface area contributed by atoms with Crippen molar-refractivity contribution < 1.29 is 18.8 Å². The van der Waals surface area contributed by atoms with E-state index >= 15 is 0 Å². The van der Waals surface area contributed by atoms with E-state index in [0.717, 1.165) is 36.2 Å². The molecule has 1 unspecified atom stereocenters. The molecule has 206 valence electrons. The number of unbranched alkanes of at least 4 members (excludes halogenated alkanes) is 8. The number of quaternary nitrogens is 1. The molecule has 0 aliphatic carbocycles. The van der Waals surface area contributed by atoms with Gasteiger partial charge in [-0.3, -0.25) is 4.79 Å². The largest absolute Gasteiger partial charge is 0.487 e. The number of esters is 1. The summed E-state index contributed by atoms with van der Waals surface area (Å²) in [7, 11) is 4.30. The minimum atomic E-state index is -0.155. The maximum absolute atomic E-state index is 12.4. The third-order valence-electron chi connectivity index (χ3n) is 7.06. The van der Waals surface area contributed by atoms with E-state index in [0.29, 0.717) is 13.0 Å². The predicted molar refractivity (Wildman–Crippen MR) is 155 cm³/mol. The second-order valence-electron chi connectivity index (χ2n) is 11.1. The zero-order chi connectivity index (χ0) is 26.8. The molecule has 1 atom stereocenters. The van der Waals surface area contributed by atoms with E-state index in [1.54, 1.807) is 0 Å². The highest BCUT2D eigenvalue weighted by Crippen LogP contribution is 2.18. The van der Waals surface area contributed by atoms with E-state index < -0.39 is 0 Å². The standard InChI is InChI=1S/C33H52NO3/c1-5-7-8-9-10-11-12-13-15-18-29-21-23-32(24-22-29)37-31(6-2)28-36-33(35)25-26-34(3,4)27-30-19-16-14-17-20-30/h14,16-17,19-24,31H,5-13,15,18,25-28H2,1-4H3/q+1. The molecular formula is C33H52NO3+. The number of aryl methyl sites for hydroxylation is 1. The summed E-state index contributed by atoms with van der Waals surface area (Å²) in [4.78, 5) is 12.4. The summed E-state index contributed by atoms with van der Waals surface area (Å²) in [5.41, 5.74) is 2.64. The number of benzene rings is 2. The molecule has 2 aromatic rings. The monoisotopic (exact) mass is 510 g/mol. The smallest absolute Gasteiger partial charge is 0.311 e. The van der Waals surface area contributed by atoms with Gasteiger partial charge in [-0.05, 0) is 37.0 Å². The van der Waals surface area contributed by atoms with Gasteiger partial charge in [-0.2, -0.15) is 0 Å². The molecule has 0 saturated heterocycles. The zero-order valence-electron chi connectivity index (χ0n) is 24.1. The Morgan fingerprint density at radius 1 is 0.784 bits per heavy atom. The summed E-state index contributed by atoms with van der Waals surface area (Å²) in [6.07, 6.45) is 14.4. The van der Waals surface area contributed by atoms with Gasteiger partial charge in [-0.15, -0.1) is 0 Å². The van der Waals surface area contributed by atoms with Gasteiger partial charge in [0.1, 0.15) is 25.0 Å². The first-order chi connectivity index (χ1) is 17.9. The molecule has 2 aromatic carbocycles. The summed E-state index contributed by atoms with van der Waals surface area (Å²) in [6, 6.07) is 18.8. The number of hydrogen-bond donors (Lipinski definition) is 0. The lowest BCUT2D eigenvalue weighted by Gasteiger charge is -2.29. The Morgan fingerprint density at radius 2 is 1.41 bits per heavy atom. The van der Waals surface area contributed by atoms with Gasteiger partial charge in [0, 0.05) is 5.56 Å². The molecule has 4 nitrogen and oxygen atoms in total. The molecule has 2 rings (SSSR count). The highest BCUT2D eigenvalue weighted by Gasteiger charge is 2.19. The summed E-state index contributed by atoms with van der Waals surface area (Å²) in [6.45, 7) is 6.27. The van der Waals surface area contributed by atoms with E-state index in [1.807, 2.05) is 6.07 Å². The number of carbonyl (C=O) groups is 1. The maximum atomic E-state index is 12.4. The van der Waals surface area contributed by atoms with Crippen LogP contribution in [0.3, 0.4) is 0 Å². The van der Waals surface area contributed by atoms with Crippen LogP contribution in [0, 0.1) is 0 Å². The number of nitrogens with zero attached hydrogens (tertiary/aromatic N) is 1. The fourth-order valence-electron chi connectivity index (χ4n) is 4.61. The molecule has 0 N–H and O–H groups in total. The van der Waals surface area contributed by atoms with Crippen molar-refractivity contribution in [1.29, 1.82) is 0 Å². The van der Waals surface area contributed by atoms with Crippen molar-refractivity contribution in [3.05, 3.63) is 65.7 Å². The lowest BCUT2D eigenvalue weighted by molar-refractivity contribution is -0.903. The van der Waals surface area contributed by atoms with Gasteiger partial charge >= 0.3 is 5.97 Å². The van der Waals surface area contributed by atoms with Crippen LogP contribution < -0.4 is 4.74 Å². The third-order valence-corrected chi connectivity index (χ3v) is 7.06. The Morgan fingerprint density at radius 3 is 2.03 bits per heavy atom. The van der Waals surface area contributed by atoms with Crippen molar-refractivity contribution >= 4 is 5.97 Å². The summed E-state index contributed by atoms with van der Waals surface area (Å²) in [5, 5.41) is 0. The van der Waals surface area contributed by atoms with Gasteiger partial charge in [-0.25, -0.2) is 0 Å². The number of carbonyl (C=O) groups excluding carboxylic acids is 1. The van der Waals surface area contributed by atoms with Crippen molar-refractivity contribution in [3.63, 3.8) is 0 Å². The second kappa shape index (κ2) is 18.0. The van der Waals surface area contributed by atoms with E-state index in [4.69, 9.17) is 9.47 Å². The maximum Gasteiger partial charge on any atom is 0.311 e. The zero-order valence-corrected chi connectivity index (χ0v) is 24.1. The van der Waals surface area contributed by atoms with Crippen LogP contribution in [0.15, 0.2) is 54.6 Å². The molecular weight excluding hydrogens is 458 g/mol. The highest BCUT2D eigenvalue weighted by molar-refractivity contribution is 5.69. The molecule has 0 aliphatic heterocycles. The van der Waals surface area contributed by atoms with Crippen LogP contribution in [-0.4, -0.2) is 43.8 Å². The predicted octanol–water partition coefficient (Wildman–Crippen LogP) is 8.13. The third kappa shape index (κ3) is 14.3. The molecule has 0 aliphatic rings. The molecule has 0 aromatic heterocycles. The summed E-state index contributed by atoms with van der Waals surface area (Å²) < 4.78 is 12.4. The van der Waals surface area contributed by atoms with Gasteiger partial charge in [-0.1, -0.05) is 108 Å². The van der Waals surface area contributed by atoms with Gasteiger partial charge < -0.3 is 14.0 Å². The van der Waals surface area contributed by atoms with E-state index in [2.05, 4.69) is 76.5 Å². The Bertz CT molecular complexity index is 848. The fraction of sp³-hybridized carbons (Fsp3) is 0.606. The van der Waals surface area contributed by atoms with E-state index in [9.17, 15) is 4.79 Å². The van der Waals surface area contributed by atoms with Crippen LogP contribution in [-0.2, 0) is 22.5 Å². The van der Waals surface area contributed by atoms with Crippen LogP contribution in [0.4, 0.5) is 0 Å². The van der Waals surface area contributed by atoms with Crippen molar-refractivity contribution in [3.8, 4) is 5.75 Å². The highest BCUT2D eigenvalue weighted by atomic mass is 16.6. The van der Waals surface area contributed by atoms with Crippen LogP contribution in [0.2, 0.25) is 0 Å². The first-order valence-corrected chi connectivity index (χ1v) is 14.7. The van der Waals surface area contributed by atoms with Crippen molar-refractivity contribution in [1.82, 2.24) is 0 Å². The summed E-state index contributed by atoms with van der Waals surface area (Å²) >= 11 is 0. The average molecular weight is 511 g/mol. The molecule has 37 heavy (non-hydrogen) atoms. The number of rotatable bonds is 20.